The highest BCUT2D eigenvalue weighted by molar-refractivity contribution is 5.71. The molecule has 0 rings (SSSR count). The van der Waals surface area contributed by atoms with Gasteiger partial charge in [-0.25, -0.2) is 0 Å². The molecular formula is C15H24O5. The molecule has 0 saturated heterocycles. The zero-order valence-corrected chi connectivity index (χ0v) is 12.1. The third-order valence-electron chi connectivity index (χ3n) is 3.00. The third-order valence-corrected chi connectivity index (χ3v) is 3.00. The molecule has 0 amide bonds. The van der Waals surface area contributed by atoms with Crippen LogP contribution in [-0.2, 0) is 14.3 Å². The Bertz CT molecular complexity index is 346. The van der Waals surface area contributed by atoms with Crippen molar-refractivity contribution in [2.45, 2.75) is 32.6 Å². The van der Waals surface area contributed by atoms with Crippen molar-refractivity contribution < 1.29 is 24.5 Å². The lowest BCUT2D eigenvalue weighted by molar-refractivity contribution is -0.146. The molecule has 0 aliphatic heterocycles. The van der Waals surface area contributed by atoms with E-state index in [0.717, 1.165) is 12.8 Å². The number of hydrogen-bond donors (Lipinski definition) is 2. The highest BCUT2D eigenvalue weighted by Gasteiger charge is 2.25. The minimum atomic E-state index is -1.07. The van der Waals surface area contributed by atoms with Crippen molar-refractivity contribution >= 4 is 11.9 Å². The van der Waals surface area contributed by atoms with Crippen molar-refractivity contribution in [3.63, 3.8) is 0 Å². The molecule has 0 unspecified atom stereocenters. The maximum absolute atomic E-state index is 11.1. The third kappa shape index (κ3) is 7.74. The molecule has 0 radical (unpaired) electrons. The summed E-state index contributed by atoms with van der Waals surface area (Å²) in [5, 5.41) is 18.3. The monoisotopic (exact) mass is 284 g/mol. The van der Waals surface area contributed by atoms with Crippen LogP contribution in [0.15, 0.2) is 24.3 Å². The fraction of sp³-hybridized carbons (Fsp3) is 0.600. The van der Waals surface area contributed by atoms with Crippen LogP contribution in [-0.4, -0.2) is 35.9 Å². The molecule has 2 atom stereocenters. The summed E-state index contributed by atoms with van der Waals surface area (Å²) in [5.41, 5.74) is 0. The van der Waals surface area contributed by atoms with Crippen molar-refractivity contribution in [3.8, 4) is 0 Å². The molecule has 0 heterocycles. The minimum absolute atomic E-state index is 0.133. The average molecular weight is 284 g/mol. The van der Waals surface area contributed by atoms with Gasteiger partial charge in [-0.3, -0.25) is 9.59 Å². The zero-order chi connectivity index (χ0) is 15.4. The molecular weight excluding hydrogens is 260 g/mol. The lowest BCUT2D eigenvalue weighted by atomic mass is 9.88. The van der Waals surface area contributed by atoms with Crippen molar-refractivity contribution in [2.24, 2.45) is 11.8 Å². The zero-order valence-electron chi connectivity index (χ0n) is 12.1. The molecule has 0 fully saturated rings. The molecule has 114 valence electrons. The fourth-order valence-corrected chi connectivity index (χ4v) is 1.76. The number of carbonyl (C=O) groups is 2. The lowest BCUT2D eigenvalue weighted by Crippen LogP contribution is -2.26. The smallest absolute Gasteiger partial charge is 0.309 e. The quantitative estimate of drug-likeness (QED) is 0.474. The van der Waals surface area contributed by atoms with E-state index in [4.69, 9.17) is 5.11 Å². The van der Waals surface area contributed by atoms with Crippen LogP contribution in [0, 0.1) is 11.8 Å². The van der Waals surface area contributed by atoms with Crippen LogP contribution in [0.5, 0.6) is 0 Å². The number of carboxylic acids is 1. The predicted molar refractivity (Wildman–Crippen MR) is 76.1 cm³/mol. The molecule has 0 aromatic rings. The SMILES string of the molecule is CCC/C=C/C=C/[C@@H](CCC(=O)OC)[C@H](CO)C(=O)O. The Morgan fingerprint density at radius 2 is 2.00 bits per heavy atom. The maximum Gasteiger partial charge on any atom is 0.309 e. The summed E-state index contributed by atoms with van der Waals surface area (Å²) < 4.78 is 4.55. The molecule has 0 bridgehead atoms. The Morgan fingerprint density at radius 1 is 1.30 bits per heavy atom. The summed E-state index contributed by atoms with van der Waals surface area (Å²) >= 11 is 0. The van der Waals surface area contributed by atoms with Crippen molar-refractivity contribution in [3.05, 3.63) is 24.3 Å². The second-order valence-electron chi connectivity index (χ2n) is 4.51. The number of aliphatic hydroxyl groups is 1. The van der Waals surface area contributed by atoms with Gasteiger partial charge in [-0.05, 0) is 18.8 Å². The Kier molecular flexibility index (Phi) is 10.3. The van der Waals surface area contributed by atoms with Crippen LogP contribution in [0.25, 0.3) is 0 Å². The number of rotatable bonds is 10. The normalized spacial score (nSPS) is 14.6. The van der Waals surface area contributed by atoms with Gasteiger partial charge < -0.3 is 14.9 Å². The van der Waals surface area contributed by atoms with Gasteiger partial charge >= 0.3 is 11.9 Å². The topological polar surface area (TPSA) is 83.8 Å². The molecule has 5 nitrogen and oxygen atoms in total. The van der Waals surface area contributed by atoms with Gasteiger partial charge in [0.15, 0.2) is 0 Å². The average Bonchev–Trinajstić information content (AvgIpc) is 2.43. The van der Waals surface area contributed by atoms with Gasteiger partial charge in [0.25, 0.3) is 0 Å². The second-order valence-corrected chi connectivity index (χ2v) is 4.51. The van der Waals surface area contributed by atoms with Gasteiger partial charge in [0.2, 0.25) is 0 Å². The van der Waals surface area contributed by atoms with E-state index in [1.165, 1.54) is 7.11 Å². The number of hydrogen-bond acceptors (Lipinski definition) is 4. The summed E-state index contributed by atoms with van der Waals surface area (Å²) in [6.07, 6.45) is 9.81. The number of allylic oxidation sites excluding steroid dienone is 4. The van der Waals surface area contributed by atoms with E-state index in [2.05, 4.69) is 11.7 Å². The van der Waals surface area contributed by atoms with Crippen LogP contribution in [0.2, 0.25) is 0 Å². The summed E-state index contributed by atoms with van der Waals surface area (Å²) in [6.45, 7) is 1.61. The van der Waals surface area contributed by atoms with E-state index in [1.54, 1.807) is 12.2 Å². The Hall–Kier alpha value is -1.62. The molecule has 0 aromatic heterocycles. The van der Waals surface area contributed by atoms with E-state index in [0.29, 0.717) is 6.42 Å². The summed E-state index contributed by atoms with van der Waals surface area (Å²) in [6, 6.07) is 0. The van der Waals surface area contributed by atoms with E-state index in [1.807, 2.05) is 12.2 Å². The summed E-state index contributed by atoms with van der Waals surface area (Å²) in [5.74, 6) is -2.75. The first-order chi connectivity index (χ1) is 9.56. The van der Waals surface area contributed by atoms with Crippen LogP contribution in [0.3, 0.4) is 0 Å². The van der Waals surface area contributed by atoms with Crippen molar-refractivity contribution in [2.75, 3.05) is 13.7 Å². The molecule has 0 saturated carbocycles. The molecule has 0 aliphatic rings. The largest absolute Gasteiger partial charge is 0.481 e. The highest BCUT2D eigenvalue weighted by atomic mass is 16.5. The van der Waals surface area contributed by atoms with Gasteiger partial charge in [-0.15, -0.1) is 0 Å². The van der Waals surface area contributed by atoms with Gasteiger partial charge in [0.1, 0.15) is 0 Å². The number of ether oxygens (including phenoxy) is 1. The molecule has 0 spiro atoms. The maximum atomic E-state index is 11.1. The van der Waals surface area contributed by atoms with Gasteiger partial charge in [0, 0.05) is 6.42 Å². The highest BCUT2D eigenvalue weighted by Crippen LogP contribution is 2.20. The number of methoxy groups -OCH3 is 1. The Balaban J connectivity index is 4.68. The predicted octanol–water partition coefficient (Wildman–Crippen LogP) is 2.16. The Labute approximate surface area is 119 Å². The fourth-order valence-electron chi connectivity index (χ4n) is 1.76. The van der Waals surface area contributed by atoms with Gasteiger partial charge in [-0.2, -0.15) is 0 Å². The molecule has 5 heteroatoms. The number of aliphatic carboxylic acids is 1. The number of aliphatic hydroxyl groups excluding tert-OH is 1. The van der Waals surface area contributed by atoms with E-state index in [9.17, 15) is 14.7 Å². The molecule has 0 aromatic carbocycles. The lowest BCUT2D eigenvalue weighted by Gasteiger charge is -2.18. The number of carboxylic acid groups (broad SMARTS) is 1. The van der Waals surface area contributed by atoms with Gasteiger partial charge in [-0.1, -0.05) is 37.6 Å². The second kappa shape index (κ2) is 11.2. The number of esters is 1. The molecule has 0 aliphatic carbocycles. The first kappa shape index (κ1) is 18.4. The van der Waals surface area contributed by atoms with Crippen LogP contribution < -0.4 is 0 Å². The number of unbranched alkanes of at least 4 members (excludes halogenated alkanes) is 1. The van der Waals surface area contributed by atoms with Crippen molar-refractivity contribution in [1.82, 2.24) is 0 Å². The van der Waals surface area contributed by atoms with Gasteiger partial charge in [0.05, 0.1) is 19.6 Å². The first-order valence-electron chi connectivity index (χ1n) is 6.80. The standard InChI is InChI=1S/C15H24O5/c1-3-4-5-6-7-8-12(9-10-14(17)20-2)13(11-16)15(18)19/h5-8,12-13,16H,3-4,9-11H2,1-2H3,(H,18,19)/b6-5+,8-7+/t12-,13-/m0/s1. The van der Waals surface area contributed by atoms with Crippen LogP contribution in [0.1, 0.15) is 32.6 Å². The van der Waals surface area contributed by atoms with Crippen LogP contribution >= 0.6 is 0 Å². The minimum Gasteiger partial charge on any atom is -0.481 e. The molecule has 2 N–H and O–H groups in total. The first-order valence-corrected chi connectivity index (χ1v) is 6.80. The Morgan fingerprint density at radius 3 is 2.50 bits per heavy atom. The van der Waals surface area contributed by atoms with E-state index in [-0.39, 0.29) is 12.4 Å². The summed E-state index contributed by atoms with van der Waals surface area (Å²) in [7, 11) is 1.29. The van der Waals surface area contributed by atoms with E-state index >= 15 is 0 Å². The van der Waals surface area contributed by atoms with Crippen molar-refractivity contribution in [1.29, 1.82) is 0 Å². The number of carbonyl (C=O) groups excluding carboxylic acids is 1. The molecule has 20 heavy (non-hydrogen) atoms. The van der Waals surface area contributed by atoms with Crippen LogP contribution in [0.4, 0.5) is 0 Å². The van der Waals surface area contributed by atoms with E-state index < -0.39 is 24.4 Å². The summed E-state index contributed by atoms with van der Waals surface area (Å²) in [4.78, 5) is 22.2.